The number of phenolic OH excluding ortho intramolecular Hbond substituents is 1. The highest BCUT2D eigenvalue weighted by molar-refractivity contribution is 5.77. The SMILES string of the molecule is Cc1ccccc1Cc1nc2cc(O)ccc2n1C. The van der Waals surface area contributed by atoms with Gasteiger partial charge in [0.05, 0.1) is 11.0 Å². The largest absolute Gasteiger partial charge is 0.508 e. The van der Waals surface area contributed by atoms with Crippen LogP contribution in [0.15, 0.2) is 42.5 Å². The second-order valence-electron chi connectivity index (χ2n) is 4.86. The zero-order chi connectivity index (χ0) is 13.4. The van der Waals surface area contributed by atoms with Crippen molar-refractivity contribution in [3.05, 3.63) is 59.4 Å². The third kappa shape index (κ3) is 2.08. The first-order valence-electron chi connectivity index (χ1n) is 6.34. The van der Waals surface area contributed by atoms with E-state index in [9.17, 15) is 5.11 Å². The molecule has 0 atom stereocenters. The average molecular weight is 252 g/mol. The molecule has 19 heavy (non-hydrogen) atoms. The number of benzene rings is 2. The smallest absolute Gasteiger partial charge is 0.117 e. The van der Waals surface area contributed by atoms with Crippen molar-refractivity contribution < 1.29 is 5.11 Å². The summed E-state index contributed by atoms with van der Waals surface area (Å²) in [7, 11) is 2.01. The molecule has 0 radical (unpaired) electrons. The van der Waals surface area contributed by atoms with E-state index in [1.54, 1.807) is 12.1 Å². The summed E-state index contributed by atoms with van der Waals surface area (Å²) in [5.74, 6) is 1.27. The highest BCUT2D eigenvalue weighted by Gasteiger charge is 2.09. The number of imidazole rings is 1. The molecule has 1 heterocycles. The Labute approximate surface area is 112 Å². The zero-order valence-electron chi connectivity index (χ0n) is 11.1. The van der Waals surface area contributed by atoms with E-state index in [0.29, 0.717) is 0 Å². The summed E-state index contributed by atoms with van der Waals surface area (Å²) in [5, 5.41) is 9.51. The lowest BCUT2D eigenvalue weighted by Gasteiger charge is -2.05. The Balaban J connectivity index is 2.06. The minimum atomic E-state index is 0.257. The molecule has 0 unspecified atom stereocenters. The van der Waals surface area contributed by atoms with Crippen LogP contribution in [0.4, 0.5) is 0 Å². The number of hydrogen-bond acceptors (Lipinski definition) is 2. The number of phenols is 1. The van der Waals surface area contributed by atoms with Gasteiger partial charge in [-0.25, -0.2) is 4.98 Å². The molecule has 0 amide bonds. The molecule has 0 saturated heterocycles. The lowest BCUT2D eigenvalue weighted by Crippen LogP contribution is -2.00. The van der Waals surface area contributed by atoms with Crippen LogP contribution >= 0.6 is 0 Å². The van der Waals surface area contributed by atoms with Crippen LogP contribution < -0.4 is 0 Å². The van der Waals surface area contributed by atoms with E-state index in [1.807, 2.05) is 19.2 Å². The van der Waals surface area contributed by atoms with E-state index in [1.165, 1.54) is 11.1 Å². The Morgan fingerprint density at radius 3 is 2.74 bits per heavy atom. The first kappa shape index (κ1) is 11.8. The van der Waals surface area contributed by atoms with Gasteiger partial charge in [0.15, 0.2) is 0 Å². The van der Waals surface area contributed by atoms with E-state index in [2.05, 4.69) is 34.7 Å². The van der Waals surface area contributed by atoms with Crippen molar-refractivity contribution >= 4 is 11.0 Å². The Morgan fingerprint density at radius 1 is 1.16 bits per heavy atom. The second kappa shape index (κ2) is 4.43. The molecule has 1 aromatic heterocycles. The van der Waals surface area contributed by atoms with Crippen LogP contribution in [-0.2, 0) is 13.5 Å². The molecule has 0 aliphatic heterocycles. The van der Waals surface area contributed by atoms with Crippen molar-refractivity contribution in [1.29, 1.82) is 0 Å². The van der Waals surface area contributed by atoms with E-state index >= 15 is 0 Å². The standard InChI is InChI=1S/C16H16N2O/c1-11-5-3-4-6-12(11)9-16-17-14-10-13(19)7-8-15(14)18(16)2/h3-8,10,19H,9H2,1-2H3. The molecule has 0 fully saturated rings. The highest BCUT2D eigenvalue weighted by atomic mass is 16.3. The van der Waals surface area contributed by atoms with Gasteiger partial charge in [-0.15, -0.1) is 0 Å². The van der Waals surface area contributed by atoms with Gasteiger partial charge in [-0.05, 0) is 30.2 Å². The van der Waals surface area contributed by atoms with Crippen LogP contribution in [0.1, 0.15) is 17.0 Å². The van der Waals surface area contributed by atoms with Crippen molar-refractivity contribution in [2.24, 2.45) is 7.05 Å². The summed E-state index contributed by atoms with van der Waals surface area (Å²) in [6, 6.07) is 13.6. The van der Waals surface area contributed by atoms with Crippen LogP contribution in [0.25, 0.3) is 11.0 Å². The quantitative estimate of drug-likeness (QED) is 0.760. The fraction of sp³-hybridized carbons (Fsp3) is 0.188. The number of nitrogens with zero attached hydrogens (tertiary/aromatic N) is 2. The predicted octanol–water partition coefficient (Wildman–Crippen LogP) is 3.18. The Hall–Kier alpha value is -2.29. The Bertz CT molecular complexity index is 744. The molecule has 0 saturated carbocycles. The van der Waals surface area contributed by atoms with E-state index < -0.39 is 0 Å². The molecule has 0 bridgehead atoms. The summed E-state index contributed by atoms with van der Waals surface area (Å²) in [6.07, 6.45) is 0.804. The zero-order valence-corrected chi connectivity index (χ0v) is 11.1. The van der Waals surface area contributed by atoms with Crippen LogP contribution in [0.3, 0.4) is 0 Å². The van der Waals surface area contributed by atoms with Crippen molar-refractivity contribution in [3.8, 4) is 5.75 Å². The topological polar surface area (TPSA) is 38.1 Å². The molecule has 3 aromatic rings. The van der Waals surface area contributed by atoms with Gasteiger partial charge in [0.2, 0.25) is 0 Å². The maximum Gasteiger partial charge on any atom is 0.117 e. The first-order chi connectivity index (χ1) is 9.15. The highest BCUT2D eigenvalue weighted by Crippen LogP contribution is 2.22. The van der Waals surface area contributed by atoms with Crippen molar-refractivity contribution in [3.63, 3.8) is 0 Å². The monoisotopic (exact) mass is 252 g/mol. The number of fused-ring (bicyclic) bond motifs is 1. The first-order valence-corrected chi connectivity index (χ1v) is 6.34. The fourth-order valence-corrected chi connectivity index (χ4v) is 2.37. The molecule has 2 aromatic carbocycles. The second-order valence-corrected chi connectivity index (χ2v) is 4.86. The van der Waals surface area contributed by atoms with Gasteiger partial charge < -0.3 is 9.67 Å². The van der Waals surface area contributed by atoms with Gasteiger partial charge in [0, 0.05) is 19.5 Å². The van der Waals surface area contributed by atoms with Gasteiger partial charge in [0.1, 0.15) is 11.6 Å². The van der Waals surface area contributed by atoms with Crippen LogP contribution in [0, 0.1) is 6.92 Å². The molecular weight excluding hydrogens is 236 g/mol. The summed E-state index contributed by atoms with van der Waals surface area (Å²) >= 11 is 0. The number of aromatic hydroxyl groups is 1. The maximum absolute atomic E-state index is 9.51. The van der Waals surface area contributed by atoms with Crippen molar-refractivity contribution in [1.82, 2.24) is 9.55 Å². The minimum absolute atomic E-state index is 0.257. The van der Waals surface area contributed by atoms with E-state index in [-0.39, 0.29) is 5.75 Å². The number of hydrogen-bond donors (Lipinski definition) is 1. The third-order valence-corrected chi connectivity index (χ3v) is 3.57. The molecular formula is C16H16N2O. The van der Waals surface area contributed by atoms with Crippen LogP contribution in [0.2, 0.25) is 0 Å². The maximum atomic E-state index is 9.51. The summed E-state index contributed by atoms with van der Waals surface area (Å²) in [5.41, 5.74) is 4.44. The van der Waals surface area contributed by atoms with E-state index in [4.69, 9.17) is 0 Å². The molecule has 96 valence electrons. The van der Waals surface area contributed by atoms with Crippen LogP contribution in [0.5, 0.6) is 5.75 Å². The van der Waals surface area contributed by atoms with Crippen molar-refractivity contribution in [2.75, 3.05) is 0 Å². The van der Waals surface area contributed by atoms with Gasteiger partial charge in [-0.3, -0.25) is 0 Å². The predicted molar refractivity (Wildman–Crippen MR) is 76.4 cm³/mol. The van der Waals surface area contributed by atoms with Gasteiger partial charge in [0.25, 0.3) is 0 Å². The lowest BCUT2D eigenvalue weighted by atomic mass is 10.1. The van der Waals surface area contributed by atoms with Crippen molar-refractivity contribution in [2.45, 2.75) is 13.3 Å². The summed E-state index contributed by atoms with van der Waals surface area (Å²) in [4.78, 5) is 4.61. The summed E-state index contributed by atoms with van der Waals surface area (Å²) < 4.78 is 2.08. The molecule has 3 heteroatoms. The van der Waals surface area contributed by atoms with Crippen LogP contribution in [-0.4, -0.2) is 14.7 Å². The third-order valence-electron chi connectivity index (χ3n) is 3.57. The molecule has 0 aliphatic rings. The Morgan fingerprint density at radius 2 is 1.95 bits per heavy atom. The lowest BCUT2D eigenvalue weighted by molar-refractivity contribution is 0.476. The normalized spacial score (nSPS) is 11.1. The van der Waals surface area contributed by atoms with Gasteiger partial charge in [-0.2, -0.15) is 0 Å². The fourth-order valence-electron chi connectivity index (χ4n) is 2.37. The number of rotatable bonds is 2. The minimum Gasteiger partial charge on any atom is -0.508 e. The summed E-state index contributed by atoms with van der Waals surface area (Å²) in [6.45, 7) is 2.11. The average Bonchev–Trinajstić information content (AvgIpc) is 2.68. The van der Waals surface area contributed by atoms with Gasteiger partial charge >= 0.3 is 0 Å². The molecule has 3 rings (SSSR count). The molecule has 3 nitrogen and oxygen atoms in total. The molecule has 1 N–H and O–H groups in total. The molecule has 0 spiro atoms. The Kier molecular flexibility index (Phi) is 2.75. The number of aromatic nitrogens is 2. The number of aryl methyl sites for hydroxylation is 2. The van der Waals surface area contributed by atoms with E-state index in [0.717, 1.165) is 23.3 Å². The molecule has 0 aliphatic carbocycles. The van der Waals surface area contributed by atoms with Gasteiger partial charge in [-0.1, -0.05) is 24.3 Å².